The first-order valence-corrected chi connectivity index (χ1v) is 7.00. The summed E-state index contributed by atoms with van der Waals surface area (Å²) in [7, 11) is 0. The predicted octanol–water partition coefficient (Wildman–Crippen LogP) is 2.39. The fourth-order valence-corrected chi connectivity index (χ4v) is 2.46. The molecule has 4 aromatic rings. The van der Waals surface area contributed by atoms with Crippen LogP contribution in [0.25, 0.3) is 16.4 Å². The number of H-pyrrole nitrogens is 1. The zero-order chi connectivity index (χ0) is 15.8. The van der Waals surface area contributed by atoms with Crippen LogP contribution in [0.1, 0.15) is 10.5 Å². The minimum Gasteiger partial charge on any atom is -0.422 e. The summed E-state index contributed by atoms with van der Waals surface area (Å²) >= 11 is 0. The maximum absolute atomic E-state index is 12.2. The molecule has 0 aliphatic heterocycles. The van der Waals surface area contributed by atoms with E-state index in [-0.39, 0.29) is 5.69 Å². The number of hydrogen-bond acceptors (Lipinski definition) is 4. The molecule has 0 unspecified atom stereocenters. The third-order valence-corrected chi connectivity index (χ3v) is 3.51. The molecule has 0 aliphatic rings. The summed E-state index contributed by atoms with van der Waals surface area (Å²) in [6.07, 6.45) is 0. The molecule has 0 radical (unpaired) electrons. The van der Waals surface area contributed by atoms with Crippen molar-refractivity contribution >= 4 is 22.4 Å². The third-order valence-electron chi connectivity index (χ3n) is 3.51. The second kappa shape index (κ2) is 5.10. The molecule has 0 saturated heterocycles. The van der Waals surface area contributed by atoms with Crippen molar-refractivity contribution in [2.45, 2.75) is 0 Å². The Morgan fingerprint density at radius 2 is 1.78 bits per heavy atom. The van der Waals surface area contributed by atoms with E-state index in [4.69, 9.17) is 4.74 Å². The lowest BCUT2D eigenvalue weighted by Gasteiger charge is -2.00. The number of nitrogens with one attached hydrogen (secondary N) is 1. The van der Waals surface area contributed by atoms with Crippen LogP contribution in [0.5, 0.6) is 5.75 Å². The number of carbonyl (C=O) groups is 1. The summed E-state index contributed by atoms with van der Waals surface area (Å²) in [6.45, 7) is 0. The van der Waals surface area contributed by atoms with Gasteiger partial charge in [-0.15, -0.1) is 0 Å². The van der Waals surface area contributed by atoms with Crippen LogP contribution in [0.2, 0.25) is 0 Å². The predicted molar refractivity (Wildman–Crippen MR) is 84.7 cm³/mol. The van der Waals surface area contributed by atoms with E-state index in [1.165, 1.54) is 4.52 Å². The van der Waals surface area contributed by atoms with Crippen LogP contribution in [-0.2, 0) is 0 Å². The molecule has 0 atom stereocenters. The Morgan fingerprint density at radius 1 is 1.04 bits per heavy atom. The van der Waals surface area contributed by atoms with Crippen molar-refractivity contribution in [3.05, 3.63) is 76.8 Å². The second-order valence-corrected chi connectivity index (χ2v) is 5.00. The highest BCUT2D eigenvalue weighted by Crippen LogP contribution is 2.18. The number of fused-ring (bicyclic) bond motifs is 3. The van der Waals surface area contributed by atoms with E-state index in [0.717, 1.165) is 5.39 Å². The summed E-state index contributed by atoms with van der Waals surface area (Å²) in [5, 5.41) is 4.86. The van der Waals surface area contributed by atoms with Crippen molar-refractivity contribution in [1.29, 1.82) is 0 Å². The van der Waals surface area contributed by atoms with E-state index in [1.807, 2.05) is 24.3 Å². The van der Waals surface area contributed by atoms with Crippen molar-refractivity contribution in [2.24, 2.45) is 0 Å². The van der Waals surface area contributed by atoms with Gasteiger partial charge in [0.1, 0.15) is 5.75 Å². The van der Waals surface area contributed by atoms with E-state index in [9.17, 15) is 9.59 Å². The largest absolute Gasteiger partial charge is 0.422 e. The van der Waals surface area contributed by atoms with Crippen LogP contribution in [0.4, 0.5) is 0 Å². The van der Waals surface area contributed by atoms with E-state index < -0.39 is 11.7 Å². The van der Waals surface area contributed by atoms with Gasteiger partial charge in [0.05, 0.1) is 11.0 Å². The molecule has 23 heavy (non-hydrogen) atoms. The standard InChI is InChI=1S/C17H11N3O3/c21-16(23-11-6-2-1-3-7-11)14-10-15-12-8-4-5-9-13(12)18-17(22)20(15)19-14/h1-10H,(H,18,22). The van der Waals surface area contributed by atoms with Gasteiger partial charge in [-0.05, 0) is 24.3 Å². The van der Waals surface area contributed by atoms with Crippen molar-refractivity contribution in [3.8, 4) is 5.75 Å². The number of aromatic nitrogens is 3. The number of hydrogen-bond donors (Lipinski definition) is 1. The molecule has 0 fully saturated rings. The van der Waals surface area contributed by atoms with Crippen LogP contribution >= 0.6 is 0 Å². The van der Waals surface area contributed by atoms with Gasteiger partial charge in [-0.25, -0.2) is 9.59 Å². The van der Waals surface area contributed by atoms with Crippen LogP contribution in [0.3, 0.4) is 0 Å². The molecule has 0 spiro atoms. The van der Waals surface area contributed by atoms with Crippen LogP contribution < -0.4 is 10.4 Å². The molecule has 0 aliphatic carbocycles. The summed E-state index contributed by atoms with van der Waals surface area (Å²) < 4.78 is 6.43. The van der Waals surface area contributed by atoms with Gasteiger partial charge in [0.2, 0.25) is 0 Å². The average molecular weight is 305 g/mol. The number of ether oxygens (including phenoxy) is 1. The molecule has 112 valence electrons. The molecule has 2 heterocycles. The molecule has 2 aromatic heterocycles. The molecule has 6 nitrogen and oxygen atoms in total. The Hall–Kier alpha value is -3.41. The molecule has 0 bridgehead atoms. The van der Waals surface area contributed by atoms with Gasteiger partial charge in [-0.2, -0.15) is 9.61 Å². The van der Waals surface area contributed by atoms with Gasteiger partial charge >= 0.3 is 11.7 Å². The monoisotopic (exact) mass is 305 g/mol. The molecule has 0 amide bonds. The number of nitrogens with zero attached hydrogens (tertiary/aromatic N) is 2. The fourth-order valence-electron chi connectivity index (χ4n) is 2.46. The SMILES string of the molecule is O=C(Oc1ccccc1)c1cc2c3ccccc3[nH]c(=O)n2n1. The topological polar surface area (TPSA) is 76.5 Å². The first-order chi connectivity index (χ1) is 11.2. The van der Waals surface area contributed by atoms with Gasteiger partial charge in [0.15, 0.2) is 5.69 Å². The number of esters is 1. The number of rotatable bonds is 2. The highest BCUT2D eigenvalue weighted by Gasteiger charge is 2.16. The molecule has 6 heteroatoms. The van der Waals surface area contributed by atoms with E-state index >= 15 is 0 Å². The second-order valence-electron chi connectivity index (χ2n) is 5.00. The molecule has 4 rings (SSSR count). The lowest BCUT2D eigenvalue weighted by atomic mass is 10.2. The fraction of sp³-hybridized carbons (Fsp3) is 0. The molecular formula is C17H11N3O3. The first kappa shape index (κ1) is 13.3. The molecular weight excluding hydrogens is 294 g/mol. The normalized spacial score (nSPS) is 11.0. The van der Waals surface area contributed by atoms with E-state index in [1.54, 1.807) is 36.4 Å². The van der Waals surface area contributed by atoms with E-state index in [0.29, 0.717) is 16.8 Å². The maximum Gasteiger partial charge on any atom is 0.364 e. The highest BCUT2D eigenvalue weighted by molar-refractivity contribution is 5.97. The van der Waals surface area contributed by atoms with Crippen LogP contribution in [0, 0.1) is 0 Å². The first-order valence-electron chi connectivity index (χ1n) is 7.00. The van der Waals surface area contributed by atoms with Crippen molar-refractivity contribution < 1.29 is 9.53 Å². The average Bonchev–Trinajstić information content (AvgIpc) is 3.02. The van der Waals surface area contributed by atoms with Crippen molar-refractivity contribution in [1.82, 2.24) is 14.6 Å². The lowest BCUT2D eigenvalue weighted by Crippen LogP contribution is -2.18. The van der Waals surface area contributed by atoms with Gasteiger partial charge in [-0.1, -0.05) is 36.4 Å². The summed E-state index contributed by atoms with van der Waals surface area (Å²) in [6, 6.07) is 17.6. The van der Waals surface area contributed by atoms with Gasteiger partial charge in [0.25, 0.3) is 0 Å². The van der Waals surface area contributed by atoms with Crippen LogP contribution in [0.15, 0.2) is 65.5 Å². The summed E-state index contributed by atoms with van der Waals surface area (Å²) in [5.41, 5.74) is 0.922. The molecule has 2 aromatic carbocycles. The van der Waals surface area contributed by atoms with Crippen molar-refractivity contribution in [2.75, 3.05) is 0 Å². The quantitative estimate of drug-likeness (QED) is 0.456. The zero-order valence-corrected chi connectivity index (χ0v) is 11.9. The van der Waals surface area contributed by atoms with Gasteiger partial charge in [-0.3, -0.25) is 0 Å². The molecule has 1 N–H and O–H groups in total. The molecule has 0 saturated carbocycles. The smallest absolute Gasteiger partial charge is 0.364 e. The van der Waals surface area contributed by atoms with Crippen molar-refractivity contribution in [3.63, 3.8) is 0 Å². The Bertz CT molecular complexity index is 1080. The highest BCUT2D eigenvalue weighted by atomic mass is 16.5. The van der Waals surface area contributed by atoms with Crippen LogP contribution in [-0.4, -0.2) is 20.6 Å². The zero-order valence-electron chi connectivity index (χ0n) is 11.9. The number of benzene rings is 2. The maximum atomic E-state index is 12.2. The minimum atomic E-state index is -0.608. The minimum absolute atomic E-state index is 0.0794. The number of carbonyl (C=O) groups excluding carboxylic acids is 1. The Morgan fingerprint density at radius 3 is 2.61 bits per heavy atom. The van der Waals surface area contributed by atoms with E-state index in [2.05, 4.69) is 10.1 Å². The lowest BCUT2D eigenvalue weighted by molar-refractivity contribution is 0.0728. The number of aromatic amines is 1. The summed E-state index contributed by atoms with van der Waals surface area (Å²) in [4.78, 5) is 27.0. The Kier molecular flexibility index (Phi) is 2.94. The van der Waals surface area contributed by atoms with Gasteiger partial charge < -0.3 is 9.72 Å². The number of para-hydroxylation sites is 2. The van der Waals surface area contributed by atoms with Gasteiger partial charge in [0, 0.05) is 5.39 Å². The summed E-state index contributed by atoms with van der Waals surface area (Å²) in [5.74, 6) is -0.184. The Labute approximate surface area is 129 Å². The Balaban J connectivity index is 1.83. The third kappa shape index (κ3) is 2.26.